The zero-order valence-electron chi connectivity index (χ0n) is 12.3. The van der Waals surface area contributed by atoms with Crippen molar-refractivity contribution in [2.24, 2.45) is 5.73 Å². The highest BCUT2D eigenvalue weighted by Crippen LogP contribution is 1.86. The van der Waals surface area contributed by atoms with Gasteiger partial charge in [0.15, 0.2) is 0 Å². The second-order valence-electron chi connectivity index (χ2n) is 4.39. The number of nitrogens with two attached hydrogens (primary N) is 1. The molecule has 0 spiro atoms. The number of aromatic amines is 1. The molecule has 0 saturated carbocycles. The number of ether oxygens (including phenoxy) is 3. The Balaban J connectivity index is 2.08. The largest absolute Gasteiger partial charge is 0.378 e. The molecule has 0 bridgehead atoms. The van der Waals surface area contributed by atoms with Crippen LogP contribution < -0.4 is 17.0 Å². The Hall–Kier alpha value is -1.48. The fourth-order valence-corrected chi connectivity index (χ4v) is 1.57. The van der Waals surface area contributed by atoms with Crippen molar-refractivity contribution in [3.05, 3.63) is 32.6 Å². The number of H-pyrrole nitrogens is 1. The van der Waals surface area contributed by atoms with Gasteiger partial charge in [0, 0.05) is 18.3 Å². The lowest BCUT2D eigenvalue weighted by molar-refractivity contribution is 0.0144. The molecule has 0 saturated heterocycles. The van der Waals surface area contributed by atoms with Crippen molar-refractivity contribution in [3.63, 3.8) is 0 Å². The van der Waals surface area contributed by atoms with E-state index in [1.807, 2.05) is 0 Å². The summed E-state index contributed by atoms with van der Waals surface area (Å²) in [6, 6.07) is 0. The van der Waals surface area contributed by atoms with Crippen molar-refractivity contribution in [1.29, 1.82) is 0 Å². The molecule has 1 heterocycles. The standard InChI is InChI=1S/C13H23N3O5/c1-11-10-16(13(18)15-12(11)17)3-5-20-7-9-21-8-6-19-4-2-14/h10H,2-9,14H2,1H3,(H,15,17,18). The van der Waals surface area contributed by atoms with Gasteiger partial charge in [-0.2, -0.15) is 0 Å². The Labute approximate surface area is 122 Å². The minimum absolute atomic E-state index is 0.359. The van der Waals surface area contributed by atoms with E-state index in [9.17, 15) is 9.59 Å². The van der Waals surface area contributed by atoms with E-state index in [1.54, 1.807) is 6.92 Å². The third kappa shape index (κ3) is 7.19. The predicted molar refractivity (Wildman–Crippen MR) is 77.6 cm³/mol. The highest BCUT2D eigenvalue weighted by molar-refractivity contribution is 5.00. The first-order valence-electron chi connectivity index (χ1n) is 6.89. The lowest BCUT2D eigenvalue weighted by Gasteiger charge is -2.08. The van der Waals surface area contributed by atoms with Gasteiger partial charge in [0.1, 0.15) is 0 Å². The van der Waals surface area contributed by atoms with E-state index >= 15 is 0 Å². The van der Waals surface area contributed by atoms with Crippen LogP contribution in [0.5, 0.6) is 0 Å². The molecule has 8 heteroatoms. The molecule has 0 aliphatic carbocycles. The van der Waals surface area contributed by atoms with E-state index < -0.39 is 5.69 Å². The Kier molecular flexibility index (Phi) is 8.60. The van der Waals surface area contributed by atoms with Gasteiger partial charge in [-0.3, -0.25) is 14.3 Å². The Bertz CT molecular complexity index is 511. The first-order valence-corrected chi connectivity index (χ1v) is 6.89. The van der Waals surface area contributed by atoms with Crippen molar-refractivity contribution >= 4 is 0 Å². The van der Waals surface area contributed by atoms with E-state index in [4.69, 9.17) is 19.9 Å². The maximum absolute atomic E-state index is 11.5. The third-order valence-corrected chi connectivity index (χ3v) is 2.67. The Morgan fingerprint density at radius 1 is 1.05 bits per heavy atom. The predicted octanol–water partition coefficient (Wildman–Crippen LogP) is -1.15. The molecule has 120 valence electrons. The van der Waals surface area contributed by atoms with Gasteiger partial charge >= 0.3 is 5.69 Å². The molecule has 1 aromatic heterocycles. The SMILES string of the molecule is Cc1cn(CCOCCOCCOCCN)c(=O)[nH]c1=O. The number of nitrogens with zero attached hydrogens (tertiary/aromatic N) is 1. The third-order valence-electron chi connectivity index (χ3n) is 2.67. The molecule has 0 aromatic carbocycles. The van der Waals surface area contributed by atoms with Crippen molar-refractivity contribution < 1.29 is 14.2 Å². The summed E-state index contributed by atoms with van der Waals surface area (Å²) in [4.78, 5) is 24.9. The molecule has 3 N–H and O–H groups in total. The Morgan fingerprint density at radius 2 is 1.62 bits per heavy atom. The molecule has 8 nitrogen and oxygen atoms in total. The van der Waals surface area contributed by atoms with Gasteiger partial charge in [0.05, 0.1) is 46.2 Å². The van der Waals surface area contributed by atoms with E-state index in [0.717, 1.165) is 0 Å². The van der Waals surface area contributed by atoms with Gasteiger partial charge in [-0.15, -0.1) is 0 Å². The first-order chi connectivity index (χ1) is 10.1. The van der Waals surface area contributed by atoms with Crippen LogP contribution in [0, 0.1) is 6.92 Å². The topological polar surface area (TPSA) is 109 Å². The normalized spacial score (nSPS) is 11.0. The summed E-state index contributed by atoms with van der Waals surface area (Å²) in [6.45, 7) is 5.37. The summed E-state index contributed by atoms with van der Waals surface area (Å²) in [5.41, 5.74) is 4.98. The number of hydrogen-bond acceptors (Lipinski definition) is 6. The minimum atomic E-state index is -0.428. The summed E-state index contributed by atoms with van der Waals surface area (Å²) in [6.07, 6.45) is 1.52. The van der Waals surface area contributed by atoms with Crippen LogP contribution in [-0.4, -0.2) is 55.7 Å². The number of hydrogen-bond donors (Lipinski definition) is 2. The highest BCUT2D eigenvalue weighted by Gasteiger charge is 2.00. The van der Waals surface area contributed by atoms with Crippen LogP contribution in [0.2, 0.25) is 0 Å². The van der Waals surface area contributed by atoms with Crippen LogP contribution in [0.3, 0.4) is 0 Å². The summed E-state index contributed by atoms with van der Waals surface area (Å²) < 4.78 is 17.2. The second kappa shape index (κ2) is 10.3. The minimum Gasteiger partial charge on any atom is -0.378 e. The van der Waals surface area contributed by atoms with E-state index in [2.05, 4.69) is 4.98 Å². The summed E-state index contributed by atoms with van der Waals surface area (Å²) in [5, 5.41) is 0. The maximum atomic E-state index is 11.5. The van der Waals surface area contributed by atoms with Gasteiger partial charge in [0.25, 0.3) is 5.56 Å². The monoisotopic (exact) mass is 301 g/mol. The zero-order chi connectivity index (χ0) is 15.5. The molecule has 0 atom stereocenters. The molecule has 0 amide bonds. The van der Waals surface area contributed by atoms with Gasteiger partial charge < -0.3 is 19.9 Å². The molecular formula is C13H23N3O5. The molecule has 0 aliphatic rings. The average Bonchev–Trinajstić information content (AvgIpc) is 2.46. The van der Waals surface area contributed by atoms with Crippen LogP contribution in [0.1, 0.15) is 5.56 Å². The summed E-state index contributed by atoms with van der Waals surface area (Å²) >= 11 is 0. The molecule has 1 rings (SSSR count). The van der Waals surface area contributed by atoms with Crippen LogP contribution in [0.25, 0.3) is 0 Å². The van der Waals surface area contributed by atoms with E-state index in [0.29, 0.717) is 58.3 Å². The molecular weight excluding hydrogens is 278 g/mol. The summed E-state index contributed by atoms with van der Waals surface area (Å²) in [5.74, 6) is 0. The van der Waals surface area contributed by atoms with Crippen LogP contribution >= 0.6 is 0 Å². The first kappa shape index (κ1) is 17.6. The van der Waals surface area contributed by atoms with E-state index in [-0.39, 0.29) is 5.56 Å². The van der Waals surface area contributed by atoms with Crippen LogP contribution in [-0.2, 0) is 20.8 Å². The quantitative estimate of drug-likeness (QED) is 0.500. The van der Waals surface area contributed by atoms with Crippen LogP contribution in [0.15, 0.2) is 15.8 Å². The van der Waals surface area contributed by atoms with Gasteiger partial charge in [-0.05, 0) is 6.92 Å². The molecule has 0 fully saturated rings. The molecule has 21 heavy (non-hydrogen) atoms. The number of aromatic nitrogens is 2. The van der Waals surface area contributed by atoms with Crippen molar-refractivity contribution in [1.82, 2.24) is 9.55 Å². The lowest BCUT2D eigenvalue weighted by atomic mass is 10.4. The number of rotatable bonds is 11. The van der Waals surface area contributed by atoms with E-state index in [1.165, 1.54) is 10.8 Å². The fourth-order valence-electron chi connectivity index (χ4n) is 1.57. The van der Waals surface area contributed by atoms with Gasteiger partial charge in [-0.1, -0.05) is 0 Å². The molecule has 0 radical (unpaired) electrons. The summed E-state index contributed by atoms with van der Waals surface area (Å²) in [7, 11) is 0. The van der Waals surface area contributed by atoms with Crippen molar-refractivity contribution in [2.45, 2.75) is 13.5 Å². The number of nitrogens with one attached hydrogen (secondary N) is 1. The lowest BCUT2D eigenvalue weighted by Crippen LogP contribution is -2.31. The van der Waals surface area contributed by atoms with Crippen molar-refractivity contribution in [3.8, 4) is 0 Å². The average molecular weight is 301 g/mol. The fraction of sp³-hybridized carbons (Fsp3) is 0.692. The number of aryl methyl sites for hydroxylation is 1. The van der Waals surface area contributed by atoms with Crippen molar-refractivity contribution in [2.75, 3.05) is 46.2 Å². The van der Waals surface area contributed by atoms with Gasteiger partial charge in [0.2, 0.25) is 0 Å². The Morgan fingerprint density at radius 3 is 2.24 bits per heavy atom. The second-order valence-corrected chi connectivity index (χ2v) is 4.39. The van der Waals surface area contributed by atoms with Crippen LogP contribution in [0.4, 0.5) is 0 Å². The molecule has 0 unspecified atom stereocenters. The smallest absolute Gasteiger partial charge is 0.328 e. The molecule has 1 aromatic rings. The zero-order valence-corrected chi connectivity index (χ0v) is 12.3. The van der Waals surface area contributed by atoms with Gasteiger partial charge in [-0.25, -0.2) is 4.79 Å². The maximum Gasteiger partial charge on any atom is 0.328 e. The highest BCUT2D eigenvalue weighted by atomic mass is 16.5. The molecule has 0 aliphatic heterocycles.